The van der Waals surface area contributed by atoms with Crippen LogP contribution < -0.4 is 10.5 Å². The maximum atomic E-state index is 12.5. The van der Waals surface area contributed by atoms with E-state index in [0.717, 1.165) is 16.8 Å². The van der Waals surface area contributed by atoms with Crippen molar-refractivity contribution in [3.05, 3.63) is 77.8 Å². The summed E-state index contributed by atoms with van der Waals surface area (Å²) in [5, 5.41) is 0.600. The second-order valence-electron chi connectivity index (χ2n) is 7.11. The van der Waals surface area contributed by atoms with Crippen LogP contribution in [-0.2, 0) is 6.42 Å². The summed E-state index contributed by atoms with van der Waals surface area (Å²) in [5.41, 5.74) is 9.64. The van der Waals surface area contributed by atoms with Crippen LogP contribution in [0.15, 0.2) is 67.1 Å². The van der Waals surface area contributed by atoms with E-state index in [1.807, 2.05) is 36.4 Å². The zero-order valence-corrected chi connectivity index (χ0v) is 18.1. The molecule has 0 aliphatic carbocycles. The fourth-order valence-electron chi connectivity index (χ4n) is 3.14. The van der Waals surface area contributed by atoms with Crippen molar-refractivity contribution < 1.29 is 9.53 Å². The molecule has 0 fully saturated rings. The maximum Gasteiger partial charge on any atom is 0.416 e. The third-order valence-electron chi connectivity index (χ3n) is 4.81. The number of hydrogen-bond acceptors (Lipinski definition) is 6. The van der Waals surface area contributed by atoms with Crippen molar-refractivity contribution in [3.8, 4) is 28.3 Å². The predicted octanol–water partition coefficient (Wildman–Crippen LogP) is 4.44. The quantitative estimate of drug-likeness (QED) is 0.451. The molecule has 8 nitrogen and oxygen atoms in total. The van der Waals surface area contributed by atoms with Crippen molar-refractivity contribution in [2.45, 2.75) is 6.42 Å². The minimum atomic E-state index is -0.480. The van der Waals surface area contributed by atoms with E-state index in [2.05, 4.69) is 19.9 Å². The maximum absolute atomic E-state index is 12.5. The van der Waals surface area contributed by atoms with E-state index in [-0.39, 0.29) is 5.95 Å². The van der Waals surface area contributed by atoms with Gasteiger partial charge in [-0.05, 0) is 29.8 Å². The van der Waals surface area contributed by atoms with E-state index in [1.54, 1.807) is 37.8 Å². The molecule has 0 saturated heterocycles. The Morgan fingerprint density at radius 1 is 1.16 bits per heavy atom. The highest BCUT2D eigenvalue weighted by atomic mass is 35.5. The zero-order chi connectivity index (χ0) is 22.5. The fraction of sp³-hybridized carbons (Fsp3) is 0.130. The van der Waals surface area contributed by atoms with Crippen LogP contribution in [0.1, 0.15) is 5.69 Å². The average molecular weight is 449 g/mol. The van der Waals surface area contributed by atoms with Gasteiger partial charge in [-0.3, -0.25) is 4.98 Å². The second-order valence-corrected chi connectivity index (χ2v) is 7.55. The van der Waals surface area contributed by atoms with Crippen molar-refractivity contribution in [1.29, 1.82) is 0 Å². The lowest BCUT2D eigenvalue weighted by atomic mass is 10.0. The summed E-state index contributed by atoms with van der Waals surface area (Å²) in [6.07, 6.45) is 5.23. The molecule has 0 aliphatic heterocycles. The van der Waals surface area contributed by atoms with Gasteiger partial charge in [-0.1, -0.05) is 29.8 Å². The Bertz CT molecular complexity index is 1230. The summed E-state index contributed by atoms with van der Waals surface area (Å²) in [7, 11) is 1.68. The first-order valence-corrected chi connectivity index (χ1v) is 10.3. The molecule has 9 heteroatoms. The average Bonchev–Trinajstić information content (AvgIpc) is 3.26. The number of halogens is 1. The third kappa shape index (κ3) is 5.04. The predicted molar refractivity (Wildman–Crippen MR) is 123 cm³/mol. The van der Waals surface area contributed by atoms with E-state index >= 15 is 0 Å². The standard InChI is InChI=1S/C23H21ClN6O2/c1-30(10-8-18-7-2-3-9-26-18)23(31)32-20-12-16(13-27-20)21-19(14-28-22(25)29-21)15-5-4-6-17(24)11-15/h2-7,9,11-14,27H,8,10H2,1H3,(H2,25,28,29). The summed E-state index contributed by atoms with van der Waals surface area (Å²) >= 11 is 6.14. The number of ether oxygens (including phenoxy) is 1. The van der Waals surface area contributed by atoms with Gasteiger partial charge in [0.05, 0.1) is 5.69 Å². The number of carbonyl (C=O) groups excluding carboxylic acids is 1. The number of benzene rings is 1. The normalized spacial score (nSPS) is 10.7. The number of rotatable bonds is 6. The Kier molecular flexibility index (Phi) is 6.32. The van der Waals surface area contributed by atoms with Gasteiger partial charge < -0.3 is 20.4 Å². The number of nitrogens with zero attached hydrogens (tertiary/aromatic N) is 4. The molecule has 4 aromatic rings. The Hall–Kier alpha value is -3.91. The first-order chi connectivity index (χ1) is 15.5. The number of likely N-dealkylation sites (N-methyl/N-ethyl adjacent to an activating group) is 1. The molecule has 0 aliphatic rings. The van der Waals surface area contributed by atoms with Crippen LogP contribution in [0.5, 0.6) is 5.88 Å². The van der Waals surface area contributed by atoms with Gasteiger partial charge in [0.15, 0.2) is 0 Å². The number of H-pyrrole nitrogens is 1. The molecule has 0 atom stereocenters. The molecule has 1 aromatic carbocycles. The Morgan fingerprint density at radius 3 is 2.81 bits per heavy atom. The highest BCUT2D eigenvalue weighted by molar-refractivity contribution is 6.30. The Balaban J connectivity index is 1.49. The van der Waals surface area contributed by atoms with Crippen LogP contribution in [0.3, 0.4) is 0 Å². The van der Waals surface area contributed by atoms with Gasteiger partial charge in [-0.25, -0.2) is 14.8 Å². The number of amides is 1. The summed E-state index contributed by atoms with van der Waals surface area (Å²) in [4.78, 5) is 29.7. The van der Waals surface area contributed by atoms with E-state index in [0.29, 0.717) is 35.1 Å². The molecule has 3 N–H and O–H groups in total. The van der Waals surface area contributed by atoms with Gasteiger partial charge >= 0.3 is 6.09 Å². The molecule has 0 saturated carbocycles. The minimum absolute atomic E-state index is 0.139. The first kappa shape index (κ1) is 21.3. The molecule has 0 unspecified atom stereocenters. The van der Waals surface area contributed by atoms with Gasteiger partial charge in [-0.2, -0.15) is 0 Å². The second kappa shape index (κ2) is 9.49. The number of aromatic amines is 1. The van der Waals surface area contributed by atoms with Crippen LogP contribution in [0.25, 0.3) is 22.4 Å². The minimum Gasteiger partial charge on any atom is -0.393 e. The van der Waals surface area contributed by atoms with Crippen molar-refractivity contribution >= 4 is 23.6 Å². The van der Waals surface area contributed by atoms with E-state index < -0.39 is 6.09 Å². The van der Waals surface area contributed by atoms with Gasteiger partial charge in [0, 0.05) is 66.5 Å². The number of hydrogen-bond donors (Lipinski definition) is 2. The Labute approximate surface area is 190 Å². The van der Waals surface area contributed by atoms with E-state index in [9.17, 15) is 4.79 Å². The molecule has 1 amide bonds. The zero-order valence-electron chi connectivity index (χ0n) is 17.3. The molecule has 3 heterocycles. The summed E-state index contributed by atoms with van der Waals surface area (Å²) in [6.45, 7) is 0.477. The summed E-state index contributed by atoms with van der Waals surface area (Å²) in [6, 6.07) is 14.8. The summed E-state index contributed by atoms with van der Waals surface area (Å²) in [5.74, 6) is 0.434. The van der Waals surface area contributed by atoms with Crippen LogP contribution in [0, 0.1) is 0 Å². The highest BCUT2D eigenvalue weighted by Crippen LogP contribution is 2.33. The molecule has 0 spiro atoms. The van der Waals surface area contributed by atoms with Crippen molar-refractivity contribution in [2.75, 3.05) is 19.3 Å². The SMILES string of the molecule is CN(CCc1ccccn1)C(=O)Oc1cc(-c2nc(N)ncc2-c2cccc(Cl)c2)c[nH]1. The van der Waals surface area contributed by atoms with Gasteiger partial charge in [0.1, 0.15) is 0 Å². The smallest absolute Gasteiger partial charge is 0.393 e. The number of anilines is 1. The van der Waals surface area contributed by atoms with Gasteiger partial charge in [-0.15, -0.1) is 0 Å². The van der Waals surface area contributed by atoms with Gasteiger partial charge in [0.25, 0.3) is 0 Å². The third-order valence-corrected chi connectivity index (χ3v) is 5.05. The van der Waals surface area contributed by atoms with Crippen LogP contribution in [0.2, 0.25) is 5.02 Å². The monoisotopic (exact) mass is 448 g/mol. The molecule has 3 aromatic heterocycles. The molecule has 32 heavy (non-hydrogen) atoms. The first-order valence-electron chi connectivity index (χ1n) is 9.89. The number of nitrogen functional groups attached to an aromatic ring is 1. The van der Waals surface area contributed by atoms with Crippen molar-refractivity contribution in [3.63, 3.8) is 0 Å². The lowest BCUT2D eigenvalue weighted by Crippen LogP contribution is -2.31. The van der Waals surface area contributed by atoms with Gasteiger partial charge in [0.2, 0.25) is 11.8 Å². The molecule has 162 valence electrons. The van der Waals surface area contributed by atoms with Crippen LogP contribution >= 0.6 is 11.6 Å². The highest BCUT2D eigenvalue weighted by Gasteiger charge is 2.16. The lowest BCUT2D eigenvalue weighted by Gasteiger charge is -2.15. The largest absolute Gasteiger partial charge is 0.416 e. The number of pyridine rings is 1. The number of carbonyl (C=O) groups is 1. The van der Waals surface area contributed by atoms with Crippen LogP contribution in [0.4, 0.5) is 10.7 Å². The van der Waals surface area contributed by atoms with Crippen LogP contribution in [-0.4, -0.2) is 44.5 Å². The molecule has 0 radical (unpaired) electrons. The molecular formula is C23H21ClN6O2. The summed E-state index contributed by atoms with van der Waals surface area (Å²) < 4.78 is 5.48. The topological polar surface area (TPSA) is 110 Å². The fourth-order valence-corrected chi connectivity index (χ4v) is 3.33. The number of nitrogens with one attached hydrogen (secondary N) is 1. The molecule has 4 rings (SSSR count). The Morgan fingerprint density at radius 2 is 2.03 bits per heavy atom. The molecular weight excluding hydrogens is 428 g/mol. The number of nitrogens with two attached hydrogens (primary N) is 1. The lowest BCUT2D eigenvalue weighted by molar-refractivity contribution is 0.162. The van der Waals surface area contributed by atoms with Crippen molar-refractivity contribution in [1.82, 2.24) is 24.8 Å². The van der Waals surface area contributed by atoms with Crippen molar-refractivity contribution in [2.24, 2.45) is 0 Å². The van der Waals surface area contributed by atoms with E-state index in [4.69, 9.17) is 22.1 Å². The van der Waals surface area contributed by atoms with E-state index in [1.165, 1.54) is 4.90 Å². The molecule has 0 bridgehead atoms. The number of aromatic nitrogens is 4.